The van der Waals surface area contributed by atoms with E-state index in [4.69, 9.17) is 4.74 Å². The van der Waals surface area contributed by atoms with Gasteiger partial charge < -0.3 is 10.1 Å². The van der Waals surface area contributed by atoms with E-state index in [1.165, 1.54) is 11.3 Å². The number of carbonyl (C=O) groups is 1. The van der Waals surface area contributed by atoms with Crippen molar-refractivity contribution >= 4 is 29.1 Å². The van der Waals surface area contributed by atoms with Gasteiger partial charge >= 0.3 is 5.97 Å². The Morgan fingerprint density at radius 3 is 2.95 bits per heavy atom. The lowest BCUT2D eigenvalue weighted by Gasteiger charge is -2.32. The molecule has 2 rings (SSSR count). The Bertz CT molecular complexity index is 404. The second kappa shape index (κ2) is 6.77. The van der Waals surface area contributed by atoms with Gasteiger partial charge in [0.2, 0.25) is 0 Å². The molecule has 1 heterocycles. The van der Waals surface area contributed by atoms with Gasteiger partial charge in [0.15, 0.2) is 0 Å². The van der Waals surface area contributed by atoms with Crippen LogP contribution in [0.5, 0.6) is 0 Å². The fourth-order valence-corrected chi connectivity index (χ4v) is 4.31. The van der Waals surface area contributed by atoms with Crippen LogP contribution in [0.25, 0.3) is 0 Å². The Balaban J connectivity index is 2.08. The topological polar surface area (TPSA) is 38.3 Å². The molecule has 106 valence electrons. The van der Waals surface area contributed by atoms with Gasteiger partial charge in [-0.3, -0.25) is 4.79 Å². The van der Waals surface area contributed by atoms with Crippen LogP contribution in [0.2, 0.25) is 0 Å². The van der Waals surface area contributed by atoms with Crippen molar-refractivity contribution in [3.8, 4) is 0 Å². The van der Waals surface area contributed by atoms with E-state index >= 15 is 0 Å². The molecule has 19 heavy (non-hydrogen) atoms. The van der Waals surface area contributed by atoms with Gasteiger partial charge in [0.05, 0.1) is 11.3 Å². The molecule has 0 bridgehead atoms. The summed E-state index contributed by atoms with van der Waals surface area (Å²) < 4.78 is 6.33. The Labute approximate surface area is 123 Å². The molecule has 1 unspecified atom stereocenters. The fraction of sp³-hybridized carbons (Fsp3) is 0.643. The summed E-state index contributed by atoms with van der Waals surface area (Å²) in [6.45, 7) is 2.98. The van der Waals surface area contributed by atoms with Gasteiger partial charge in [0.25, 0.3) is 0 Å². The van der Waals surface area contributed by atoms with Crippen molar-refractivity contribution in [2.24, 2.45) is 5.92 Å². The number of ether oxygens (including phenoxy) is 1. The molecule has 1 aromatic rings. The monoisotopic (exact) mass is 299 g/mol. The maximum atomic E-state index is 12.3. The number of esters is 1. The average molecular weight is 299 g/mol. The van der Waals surface area contributed by atoms with E-state index in [-0.39, 0.29) is 5.97 Å². The van der Waals surface area contributed by atoms with Crippen LogP contribution < -0.4 is 5.32 Å². The first-order valence-corrected chi connectivity index (χ1v) is 8.59. The molecule has 0 radical (unpaired) electrons. The quantitative estimate of drug-likeness (QED) is 0.591. The Kier molecular flexibility index (Phi) is 5.30. The molecular formula is C14H21NO2S2. The summed E-state index contributed by atoms with van der Waals surface area (Å²) in [6, 6.07) is 4.15. The van der Waals surface area contributed by atoms with Crippen LogP contribution in [-0.2, 0) is 9.53 Å². The van der Waals surface area contributed by atoms with Crippen LogP contribution in [0.4, 0.5) is 0 Å². The molecule has 0 saturated heterocycles. The lowest BCUT2D eigenvalue weighted by Crippen LogP contribution is -2.57. The average Bonchev–Trinajstić information content (AvgIpc) is 3.16. The molecule has 0 aromatic carbocycles. The van der Waals surface area contributed by atoms with Crippen molar-refractivity contribution in [1.29, 1.82) is 0 Å². The van der Waals surface area contributed by atoms with Crippen LogP contribution in [0.3, 0.4) is 0 Å². The van der Waals surface area contributed by atoms with Crippen molar-refractivity contribution in [2.45, 2.75) is 35.9 Å². The summed E-state index contributed by atoms with van der Waals surface area (Å²) in [5.74, 6) is 1.08. The van der Waals surface area contributed by atoms with Gasteiger partial charge in [0.1, 0.15) is 5.54 Å². The van der Waals surface area contributed by atoms with Crippen LogP contribution >= 0.6 is 23.1 Å². The molecule has 3 nitrogen and oxygen atoms in total. The zero-order valence-corrected chi connectivity index (χ0v) is 13.1. The lowest BCUT2D eigenvalue weighted by molar-refractivity contribution is -0.148. The second-order valence-electron chi connectivity index (χ2n) is 4.88. The maximum absolute atomic E-state index is 12.3. The molecule has 1 aliphatic rings. The summed E-state index contributed by atoms with van der Waals surface area (Å²) in [7, 11) is 1.49. The molecule has 0 amide bonds. The van der Waals surface area contributed by atoms with Crippen molar-refractivity contribution in [3.05, 3.63) is 17.5 Å². The van der Waals surface area contributed by atoms with Crippen molar-refractivity contribution in [2.75, 3.05) is 19.4 Å². The minimum atomic E-state index is -0.501. The first-order valence-electron chi connectivity index (χ1n) is 6.72. The number of rotatable bonds is 8. The highest BCUT2D eigenvalue weighted by molar-refractivity contribution is 8.01. The SMILES string of the molecule is CCCNC(CSc1cccs1)(C(=O)OC)C1CC1. The Hall–Kier alpha value is -0.520. The summed E-state index contributed by atoms with van der Waals surface area (Å²) in [6.07, 6.45) is 3.27. The highest BCUT2D eigenvalue weighted by Crippen LogP contribution is 2.43. The lowest BCUT2D eigenvalue weighted by atomic mass is 9.95. The number of methoxy groups -OCH3 is 1. The first-order chi connectivity index (χ1) is 9.23. The number of thioether (sulfide) groups is 1. The standard InChI is InChI=1S/C14H21NO2S2/c1-3-8-15-14(11-6-7-11,13(16)17-2)10-19-12-5-4-9-18-12/h4-5,9,11,15H,3,6-8,10H2,1-2H3. The van der Waals surface area contributed by atoms with E-state index in [0.29, 0.717) is 5.92 Å². The van der Waals surface area contributed by atoms with Gasteiger partial charge in [0, 0.05) is 5.75 Å². The maximum Gasteiger partial charge on any atom is 0.327 e. The molecule has 1 aromatic heterocycles. The molecule has 1 N–H and O–H groups in total. The second-order valence-corrected chi connectivity index (χ2v) is 7.11. The van der Waals surface area contributed by atoms with Crippen molar-refractivity contribution in [3.63, 3.8) is 0 Å². The third-order valence-electron chi connectivity index (χ3n) is 3.45. The zero-order valence-electron chi connectivity index (χ0n) is 11.5. The third-order valence-corrected chi connectivity index (χ3v) is 5.78. The van der Waals surface area contributed by atoms with Gasteiger partial charge in [-0.1, -0.05) is 13.0 Å². The highest BCUT2D eigenvalue weighted by Gasteiger charge is 2.51. The van der Waals surface area contributed by atoms with Crippen LogP contribution in [0, 0.1) is 5.92 Å². The summed E-state index contributed by atoms with van der Waals surface area (Å²) in [4.78, 5) is 12.3. The van der Waals surface area contributed by atoms with Gasteiger partial charge in [-0.05, 0) is 43.2 Å². The third kappa shape index (κ3) is 3.52. The number of thiophene rings is 1. The molecular weight excluding hydrogens is 278 g/mol. The summed E-state index contributed by atoms with van der Waals surface area (Å²) in [5.41, 5.74) is -0.501. The molecule has 1 aliphatic carbocycles. The van der Waals surface area contributed by atoms with E-state index in [2.05, 4.69) is 23.7 Å². The van der Waals surface area contributed by atoms with E-state index < -0.39 is 5.54 Å². The van der Waals surface area contributed by atoms with E-state index in [1.54, 1.807) is 23.1 Å². The normalized spacial score (nSPS) is 18.0. The van der Waals surface area contributed by atoms with Crippen LogP contribution in [0.15, 0.2) is 21.7 Å². The largest absolute Gasteiger partial charge is 0.468 e. The molecule has 1 atom stereocenters. The van der Waals surface area contributed by atoms with Crippen molar-refractivity contribution in [1.82, 2.24) is 5.32 Å². The van der Waals surface area contributed by atoms with E-state index in [9.17, 15) is 4.79 Å². The van der Waals surface area contributed by atoms with E-state index in [0.717, 1.165) is 31.6 Å². The van der Waals surface area contributed by atoms with Gasteiger partial charge in [-0.15, -0.1) is 23.1 Å². The Morgan fingerprint density at radius 1 is 1.63 bits per heavy atom. The minimum Gasteiger partial charge on any atom is -0.468 e. The number of hydrogen-bond acceptors (Lipinski definition) is 5. The number of carbonyl (C=O) groups excluding carboxylic acids is 1. The van der Waals surface area contributed by atoms with E-state index in [1.807, 2.05) is 6.07 Å². The summed E-state index contributed by atoms with van der Waals surface area (Å²) in [5, 5.41) is 5.54. The number of hydrogen-bond donors (Lipinski definition) is 1. The fourth-order valence-electron chi connectivity index (χ4n) is 2.25. The highest BCUT2D eigenvalue weighted by atomic mass is 32.2. The van der Waals surface area contributed by atoms with Crippen molar-refractivity contribution < 1.29 is 9.53 Å². The smallest absolute Gasteiger partial charge is 0.327 e. The molecule has 1 saturated carbocycles. The van der Waals surface area contributed by atoms with Gasteiger partial charge in [-0.2, -0.15) is 0 Å². The molecule has 1 fully saturated rings. The predicted octanol–water partition coefficient (Wildman–Crippen LogP) is 3.16. The molecule has 0 aliphatic heterocycles. The summed E-state index contributed by atoms with van der Waals surface area (Å²) >= 11 is 3.47. The zero-order chi connectivity index (χ0) is 13.7. The first kappa shape index (κ1) is 14.9. The molecule has 0 spiro atoms. The van der Waals surface area contributed by atoms with Gasteiger partial charge in [-0.25, -0.2) is 0 Å². The Morgan fingerprint density at radius 2 is 2.42 bits per heavy atom. The predicted molar refractivity (Wildman–Crippen MR) is 80.8 cm³/mol. The van der Waals surface area contributed by atoms with Crippen LogP contribution in [-0.4, -0.2) is 30.9 Å². The van der Waals surface area contributed by atoms with Crippen LogP contribution in [0.1, 0.15) is 26.2 Å². The number of nitrogens with one attached hydrogen (secondary N) is 1. The minimum absolute atomic E-state index is 0.104. The molecule has 5 heteroatoms.